The monoisotopic (exact) mass is 215 g/mol. The molecule has 5 heteroatoms. The summed E-state index contributed by atoms with van der Waals surface area (Å²) in [5.74, 6) is -0.683. The van der Waals surface area contributed by atoms with Crippen molar-refractivity contribution in [2.75, 3.05) is 12.3 Å². The van der Waals surface area contributed by atoms with Gasteiger partial charge in [-0.05, 0) is 19.1 Å². The maximum Gasteiger partial charge on any atom is 0.340 e. The first-order valence-corrected chi connectivity index (χ1v) is 4.41. The number of nitrogens with two attached hydrogens (primary N) is 1. The fourth-order valence-electron chi connectivity index (χ4n) is 1.10. The van der Waals surface area contributed by atoms with Crippen molar-refractivity contribution in [2.45, 2.75) is 13.3 Å². The molecule has 2 N–H and O–H groups in total. The molecule has 0 aromatic heterocycles. The van der Waals surface area contributed by atoms with E-state index >= 15 is 0 Å². The number of carbonyl (C=O) groups is 1. The molecule has 0 heterocycles. The molecule has 0 aliphatic rings. The number of hydrogen-bond acceptors (Lipinski definition) is 3. The van der Waals surface area contributed by atoms with E-state index in [4.69, 9.17) is 5.73 Å². The first-order valence-electron chi connectivity index (χ1n) is 4.41. The highest BCUT2D eigenvalue weighted by atomic mass is 19.3. The Morgan fingerprint density at radius 3 is 2.73 bits per heavy atom. The molecule has 3 nitrogen and oxygen atoms in total. The first-order chi connectivity index (χ1) is 7.06. The zero-order chi connectivity index (χ0) is 11.4. The van der Waals surface area contributed by atoms with Gasteiger partial charge in [0.2, 0.25) is 0 Å². The zero-order valence-electron chi connectivity index (χ0n) is 8.17. The zero-order valence-corrected chi connectivity index (χ0v) is 8.17. The third-order valence-electron chi connectivity index (χ3n) is 1.82. The van der Waals surface area contributed by atoms with Crippen LogP contribution in [-0.4, -0.2) is 12.6 Å². The van der Waals surface area contributed by atoms with Gasteiger partial charge in [-0.25, -0.2) is 13.6 Å². The van der Waals surface area contributed by atoms with Crippen LogP contribution < -0.4 is 5.73 Å². The molecule has 0 bridgehead atoms. The van der Waals surface area contributed by atoms with Gasteiger partial charge >= 0.3 is 5.97 Å². The van der Waals surface area contributed by atoms with E-state index in [2.05, 4.69) is 4.74 Å². The summed E-state index contributed by atoms with van der Waals surface area (Å²) in [7, 11) is 0. The van der Waals surface area contributed by atoms with E-state index in [-0.39, 0.29) is 23.4 Å². The normalized spacial score (nSPS) is 10.4. The average molecular weight is 215 g/mol. The highest BCUT2D eigenvalue weighted by Crippen LogP contribution is 2.23. The summed E-state index contributed by atoms with van der Waals surface area (Å²) < 4.78 is 29.3. The molecule has 0 aliphatic carbocycles. The maximum atomic E-state index is 12.3. The summed E-state index contributed by atoms with van der Waals surface area (Å²) in [5, 5.41) is 0. The topological polar surface area (TPSA) is 52.3 Å². The van der Waals surface area contributed by atoms with Gasteiger partial charge in [0.05, 0.1) is 12.2 Å². The van der Waals surface area contributed by atoms with Gasteiger partial charge in [0.1, 0.15) is 0 Å². The summed E-state index contributed by atoms with van der Waals surface area (Å²) >= 11 is 0. The standard InChI is InChI=1S/C10H11F2NO2/c1-2-15-10(14)7-5-6(9(11)12)3-4-8(7)13/h3-5,9H,2,13H2,1H3. The van der Waals surface area contributed by atoms with Crippen LogP contribution in [0.4, 0.5) is 14.5 Å². The minimum Gasteiger partial charge on any atom is -0.462 e. The molecule has 0 radical (unpaired) electrons. The Hall–Kier alpha value is -1.65. The predicted octanol–water partition coefficient (Wildman–Crippen LogP) is 2.38. The molecule has 0 saturated carbocycles. The van der Waals surface area contributed by atoms with Crippen LogP contribution in [0.2, 0.25) is 0 Å². The van der Waals surface area contributed by atoms with Crippen molar-refractivity contribution in [3.8, 4) is 0 Å². The van der Waals surface area contributed by atoms with Crippen LogP contribution in [0.1, 0.15) is 29.3 Å². The Kier molecular flexibility index (Phi) is 3.60. The minimum absolute atomic E-state index is 0.0188. The number of nitrogen functional groups attached to an aromatic ring is 1. The highest BCUT2D eigenvalue weighted by Gasteiger charge is 2.15. The lowest BCUT2D eigenvalue weighted by Gasteiger charge is -2.07. The van der Waals surface area contributed by atoms with E-state index in [0.717, 1.165) is 6.07 Å². The SMILES string of the molecule is CCOC(=O)c1cc(C(F)F)ccc1N. The molecule has 0 aliphatic heterocycles. The van der Waals surface area contributed by atoms with Gasteiger partial charge in [-0.15, -0.1) is 0 Å². The number of carbonyl (C=O) groups excluding carboxylic acids is 1. The lowest BCUT2D eigenvalue weighted by atomic mass is 10.1. The van der Waals surface area contributed by atoms with Crippen LogP contribution >= 0.6 is 0 Å². The number of rotatable bonds is 3. The Labute approximate surface area is 85.8 Å². The van der Waals surface area contributed by atoms with E-state index in [1.165, 1.54) is 12.1 Å². The summed E-state index contributed by atoms with van der Waals surface area (Å²) in [6.45, 7) is 1.81. The van der Waals surface area contributed by atoms with E-state index < -0.39 is 12.4 Å². The van der Waals surface area contributed by atoms with Gasteiger partial charge < -0.3 is 10.5 Å². The van der Waals surface area contributed by atoms with E-state index in [1.807, 2.05) is 0 Å². The predicted molar refractivity (Wildman–Crippen MR) is 51.8 cm³/mol. The maximum absolute atomic E-state index is 12.3. The molecular formula is C10H11F2NO2. The molecule has 0 fully saturated rings. The molecule has 1 aromatic rings. The van der Waals surface area contributed by atoms with E-state index in [1.54, 1.807) is 6.92 Å². The summed E-state index contributed by atoms with van der Waals surface area (Å²) in [5.41, 5.74) is 5.35. The fraction of sp³-hybridized carbons (Fsp3) is 0.300. The summed E-state index contributed by atoms with van der Waals surface area (Å²) in [4.78, 5) is 11.3. The number of anilines is 1. The highest BCUT2D eigenvalue weighted by molar-refractivity contribution is 5.95. The van der Waals surface area contributed by atoms with Crippen LogP contribution in [0.25, 0.3) is 0 Å². The molecule has 0 atom stereocenters. The van der Waals surface area contributed by atoms with E-state index in [0.29, 0.717) is 0 Å². The molecule has 1 aromatic carbocycles. The van der Waals surface area contributed by atoms with Crippen LogP contribution in [-0.2, 0) is 4.74 Å². The molecule has 0 saturated heterocycles. The number of benzene rings is 1. The van der Waals surface area contributed by atoms with Gasteiger partial charge in [-0.1, -0.05) is 6.07 Å². The summed E-state index contributed by atoms with van der Waals surface area (Å²) in [6, 6.07) is 3.51. The molecule has 0 spiro atoms. The molecule has 15 heavy (non-hydrogen) atoms. The van der Waals surface area contributed by atoms with Crippen molar-refractivity contribution >= 4 is 11.7 Å². The fourth-order valence-corrected chi connectivity index (χ4v) is 1.10. The van der Waals surface area contributed by atoms with Crippen molar-refractivity contribution in [1.29, 1.82) is 0 Å². The lowest BCUT2D eigenvalue weighted by molar-refractivity contribution is 0.0527. The molecule has 0 amide bonds. The molecule has 82 valence electrons. The van der Waals surface area contributed by atoms with Crippen molar-refractivity contribution in [3.63, 3.8) is 0 Å². The smallest absolute Gasteiger partial charge is 0.340 e. The van der Waals surface area contributed by atoms with Crippen LogP contribution in [0.5, 0.6) is 0 Å². The van der Waals surface area contributed by atoms with Gasteiger partial charge in [0.25, 0.3) is 6.43 Å². The Morgan fingerprint density at radius 1 is 1.53 bits per heavy atom. The molecular weight excluding hydrogens is 204 g/mol. The second-order valence-electron chi connectivity index (χ2n) is 2.87. The number of alkyl halides is 2. The third kappa shape index (κ3) is 2.65. The van der Waals surface area contributed by atoms with Gasteiger partial charge in [0, 0.05) is 11.3 Å². The average Bonchev–Trinajstić information content (AvgIpc) is 2.18. The minimum atomic E-state index is -2.63. The number of hydrogen-bond donors (Lipinski definition) is 1. The van der Waals surface area contributed by atoms with Gasteiger partial charge in [-0.2, -0.15) is 0 Å². The van der Waals surface area contributed by atoms with Crippen molar-refractivity contribution in [3.05, 3.63) is 29.3 Å². The number of ether oxygens (including phenoxy) is 1. The lowest BCUT2D eigenvalue weighted by Crippen LogP contribution is -2.08. The molecule has 1 rings (SSSR count). The van der Waals surface area contributed by atoms with Gasteiger partial charge in [-0.3, -0.25) is 0 Å². The summed E-state index contributed by atoms with van der Waals surface area (Å²) in [6.07, 6.45) is -2.63. The van der Waals surface area contributed by atoms with Crippen molar-refractivity contribution in [2.24, 2.45) is 0 Å². The van der Waals surface area contributed by atoms with Crippen molar-refractivity contribution in [1.82, 2.24) is 0 Å². The van der Waals surface area contributed by atoms with Crippen LogP contribution in [0, 0.1) is 0 Å². The van der Waals surface area contributed by atoms with Crippen LogP contribution in [0.3, 0.4) is 0 Å². The second-order valence-corrected chi connectivity index (χ2v) is 2.87. The Balaban J connectivity index is 3.05. The quantitative estimate of drug-likeness (QED) is 0.622. The number of halogens is 2. The van der Waals surface area contributed by atoms with Gasteiger partial charge in [0.15, 0.2) is 0 Å². The largest absolute Gasteiger partial charge is 0.462 e. The molecule has 0 unspecified atom stereocenters. The second kappa shape index (κ2) is 4.72. The number of esters is 1. The van der Waals surface area contributed by atoms with E-state index in [9.17, 15) is 13.6 Å². The third-order valence-corrected chi connectivity index (χ3v) is 1.82. The first kappa shape index (κ1) is 11.4. The van der Waals surface area contributed by atoms with Crippen LogP contribution in [0.15, 0.2) is 18.2 Å². The Bertz CT molecular complexity index is 366. The Morgan fingerprint density at radius 2 is 2.20 bits per heavy atom. The van der Waals surface area contributed by atoms with Crippen molar-refractivity contribution < 1.29 is 18.3 Å².